The zero-order valence-electron chi connectivity index (χ0n) is 7.74. The molecule has 0 amide bonds. The molecule has 1 aromatic carbocycles. The van der Waals surface area contributed by atoms with E-state index in [-0.39, 0.29) is 5.96 Å². The molecular weight excluding hydrogens is 244 g/mol. The highest BCUT2D eigenvalue weighted by Crippen LogP contribution is 2.25. The van der Waals surface area contributed by atoms with Gasteiger partial charge in [-0.2, -0.15) is 5.10 Å². The third kappa shape index (κ3) is 2.32. The fourth-order valence-electron chi connectivity index (χ4n) is 0.993. The lowest BCUT2D eigenvalue weighted by molar-refractivity contribution is 1.09. The fourth-order valence-corrected chi connectivity index (χ4v) is 1.45. The number of hydrogen-bond acceptors (Lipinski definition) is 2. The molecule has 4 nitrogen and oxygen atoms in total. The van der Waals surface area contributed by atoms with E-state index < -0.39 is 0 Å². The Labute approximate surface area is 91.0 Å². The van der Waals surface area contributed by atoms with E-state index in [1.54, 1.807) is 13.1 Å². The minimum Gasteiger partial charge on any atom is -0.368 e. The third-order valence-corrected chi connectivity index (χ3v) is 2.21. The maximum absolute atomic E-state index is 7.36. The number of benzene rings is 1. The maximum Gasteiger partial charge on any atom is 0.214 e. The van der Waals surface area contributed by atoms with Gasteiger partial charge in [0.25, 0.3) is 0 Å². The van der Waals surface area contributed by atoms with Crippen molar-refractivity contribution < 1.29 is 0 Å². The molecular formula is C9H11BrN4. The van der Waals surface area contributed by atoms with E-state index in [0.29, 0.717) is 0 Å². The van der Waals surface area contributed by atoms with Gasteiger partial charge in [-0.15, -0.1) is 0 Å². The van der Waals surface area contributed by atoms with Gasteiger partial charge in [-0.25, -0.2) is 5.01 Å². The van der Waals surface area contributed by atoms with Crippen LogP contribution in [-0.4, -0.2) is 12.2 Å². The van der Waals surface area contributed by atoms with Crippen molar-refractivity contribution >= 4 is 33.8 Å². The smallest absolute Gasteiger partial charge is 0.214 e. The molecule has 0 saturated carbocycles. The molecule has 0 aliphatic rings. The molecule has 1 rings (SSSR count). The van der Waals surface area contributed by atoms with Crippen molar-refractivity contribution in [1.82, 2.24) is 0 Å². The number of nitrogens with zero attached hydrogens (tertiary/aromatic N) is 2. The van der Waals surface area contributed by atoms with E-state index in [9.17, 15) is 0 Å². The van der Waals surface area contributed by atoms with Crippen LogP contribution < -0.4 is 10.7 Å². The van der Waals surface area contributed by atoms with Gasteiger partial charge in [-0.3, -0.25) is 5.41 Å². The molecule has 14 heavy (non-hydrogen) atoms. The highest BCUT2D eigenvalue weighted by Gasteiger charge is 2.09. The van der Waals surface area contributed by atoms with Gasteiger partial charge in [0.15, 0.2) is 0 Å². The topological polar surface area (TPSA) is 65.5 Å². The van der Waals surface area contributed by atoms with Crippen molar-refractivity contribution in [3.63, 3.8) is 0 Å². The predicted molar refractivity (Wildman–Crippen MR) is 62.7 cm³/mol. The molecule has 0 unspecified atom stereocenters. The second-order valence-electron chi connectivity index (χ2n) is 2.52. The first-order valence-electron chi connectivity index (χ1n) is 4.04. The van der Waals surface area contributed by atoms with Gasteiger partial charge in [0.2, 0.25) is 5.96 Å². The molecule has 74 valence electrons. The predicted octanol–water partition coefficient (Wildman–Crippen LogP) is 2.15. The van der Waals surface area contributed by atoms with Gasteiger partial charge in [0.1, 0.15) is 0 Å². The minimum atomic E-state index is -0.116. The van der Waals surface area contributed by atoms with Crippen molar-refractivity contribution in [1.29, 1.82) is 5.41 Å². The van der Waals surface area contributed by atoms with E-state index in [2.05, 4.69) is 21.0 Å². The number of nitrogens with one attached hydrogen (secondary N) is 1. The summed E-state index contributed by atoms with van der Waals surface area (Å²) in [7, 11) is 0. The van der Waals surface area contributed by atoms with E-state index >= 15 is 0 Å². The Morgan fingerprint density at radius 3 is 2.71 bits per heavy atom. The molecule has 0 aliphatic heterocycles. The zero-order chi connectivity index (χ0) is 10.6. The van der Waals surface area contributed by atoms with Gasteiger partial charge in [0.05, 0.1) is 5.69 Å². The van der Waals surface area contributed by atoms with Crippen LogP contribution in [0.25, 0.3) is 0 Å². The fraction of sp³-hybridized carbons (Fsp3) is 0.111. The number of hydrazone groups is 1. The molecule has 0 saturated heterocycles. The molecule has 0 heterocycles. The summed E-state index contributed by atoms with van der Waals surface area (Å²) in [5.41, 5.74) is 6.15. The summed E-state index contributed by atoms with van der Waals surface area (Å²) in [6, 6.07) is 7.46. The Kier molecular flexibility index (Phi) is 3.64. The number of nitrogens with two attached hydrogens (primary N) is 1. The largest absolute Gasteiger partial charge is 0.368 e. The summed E-state index contributed by atoms with van der Waals surface area (Å²) in [6.45, 7) is 1.77. The Bertz CT molecular complexity index is 362. The van der Waals surface area contributed by atoms with Crippen molar-refractivity contribution in [2.45, 2.75) is 6.92 Å². The van der Waals surface area contributed by atoms with Crippen LogP contribution in [0, 0.1) is 5.41 Å². The molecule has 0 bridgehead atoms. The number of para-hydroxylation sites is 1. The summed E-state index contributed by atoms with van der Waals surface area (Å²) in [4.78, 5) is 0. The van der Waals surface area contributed by atoms with Crippen LogP contribution in [-0.2, 0) is 0 Å². The number of rotatable bonds is 2. The first-order chi connectivity index (χ1) is 6.66. The number of guanidine groups is 1. The second-order valence-corrected chi connectivity index (χ2v) is 3.38. The molecule has 0 fully saturated rings. The van der Waals surface area contributed by atoms with Crippen LogP contribution in [0.1, 0.15) is 6.92 Å². The molecule has 1 aromatic rings. The van der Waals surface area contributed by atoms with E-state index in [1.807, 2.05) is 24.3 Å². The van der Waals surface area contributed by atoms with Gasteiger partial charge in [0, 0.05) is 10.7 Å². The van der Waals surface area contributed by atoms with E-state index in [4.69, 9.17) is 11.1 Å². The van der Waals surface area contributed by atoms with Crippen LogP contribution in [0.5, 0.6) is 0 Å². The van der Waals surface area contributed by atoms with Crippen LogP contribution in [0.3, 0.4) is 0 Å². The maximum atomic E-state index is 7.36. The Morgan fingerprint density at radius 2 is 2.21 bits per heavy atom. The molecule has 0 atom stereocenters. The first kappa shape index (κ1) is 10.7. The average Bonchev–Trinajstić information content (AvgIpc) is 2.15. The number of hydrogen-bond donors (Lipinski definition) is 2. The lowest BCUT2D eigenvalue weighted by Crippen LogP contribution is -2.32. The van der Waals surface area contributed by atoms with Crippen LogP contribution in [0.15, 0.2) is 33.8 Å². The monoisotopic (exact) mass is 254 g/mol. The van der Waals surface area contributed by atoms with Crippen molar-refractivity contribution in [3.8, 4) is 0 Å². The summed E-state index contributed by atoms with van der Waals surface area (Å²) < 4.78 is 0.848. The van der Waals surface area contributed by atoms with Crippen molar-refractivity contribution in [3.05, 3.63) is 28.7 Å². The van der Waals surface area contributed by atoms with Crippen LogP contribution in [0.2, 0.25) is 0 Å². The third-order valence-electron chi connectivity index (χ3n) is 1.54. The standard InChI is InChI=1S/C9H11BrN4/c1-2-13-14(9(11)12)8-6-4-3-5-7(8)10/h2-6H,1H3,(H3,11,12). The van der Waals surface area contributed by atoms with E-state index in [1.165, 1.54) is 5.01 Å². The minimum absolute atomic E-state index is 0.116. The zero-order valence-corrected chi connectivity index (χ0v) is 9.32. The number of halogens is 1. The molecule has 0 spiro atoms. The Balaban J connectivity index is 3.11. The van der Waals surface area contributed by atoms with Gasteiger partial charge < -0.3 is 5.73 Å². The van der Waals surface area contributed by atoms with E-state index in [0.717, 1.165) is 10.2 Å². The van der Waals surface area contributed by atoms with Gasteiger partial charge in [-0.05, 0) is 35.0 Å². The van der Waals surface area contributed by atoms with Gasteiger partial charge in [-0.1, -0.05) is 12.1 Å². The molecule has 3 N–H and O–H groups in total. The number of anilines is 1. The molecule has 0 aromatic heterocycles. The highest BCUT2D eigenvalue weighted by atomic mass is 79.9. The Hall–Kier alpha value is -1.36. The highest BCUT2D eigenvalue weighted by molar-refractivity contribution is 9.10. The van der Waals surface area contributed by atoms with Crippen molar-refractivity contribution in [2.24, 2.45) is 10.8 Å². The molecule has 0 radical (unpaired) electrons. The summed E-state index contributed by atoms with van der Waals surface area (Å²) >= 11 is 3.37. The molecule has 0 aliphatic carbocycles. The Morgan fingerprint density at radius 1 is 1.57 bits per heavy atom. The SMILES string of the molecule is CC=NN(C(=N)N)c1ccccc1Br. The van der Waals surface area contributed by atoms with Crippen LogP contribution >= 0.6 is 15.9 Å². The average molecular weight is 255 g/mol. The summed E-state index contributed by atoms with van der Waals surface area (Å²) in [6.07, 6.45) is 1.58. The lowest BCUT2D eigenvalue weighted by atomic mass is 10.3. The second kappa shape index (κ2) is 4.76. The first-order valence-corrected chi connectivity index (χ1v) is 4.83. The normalized spacial score (nSPS) is 10.4. The van der Waals surface area contributed by atoms with Gasteiger partial charge >= 0.3 is 0 Å². The van der Waals surface area contributed by atoms with Crippen molar-refractivity contribution in [2.75, 3.05) is 5.01 Å². The van der Waals surface area contributed by atoms with Crippen LogP contribution in [0.4, 0.5) is 5.69 Å². The lowest BCUT2D eigenvalue weighted by Gasteiger charge is -2.17. The molecule has 5 heteroatoms. The quantitative estimate of drug-likeness (QED) is 0.483. The summed E-state index contributed by atoms with van der Waals surface area (Å²) in [5, 5.41) is 12.7. The summed E-state index contributed by atoms with van der Waals surface area (Å²) in [5.74, 6) is -0.116.